The van der Waals surface area contributed by atoms with Crippen LogP contribution in [0.25, 0.3) is 0 Å². The number of ether oxygens (including phenoxy) is 1. The molecule has 110 valence electrons. The minimum absolute atomic E-state index is 0.0313. The van der Waals surface area contributed by atoms with Crippen molar-refractivity contribution in [2.24, 2.45) is 5.92 Å². The van der Waals surface area contributed by atoms with Crippen LogP contribution in [0, 0.1) is 5.92 Å². The Kier molecular flexibility index (Phi) is 5.86. The Morgan fingerprint density at radius 3 is 2.90 bits per heavy atom. The van der Waals surface area contributed by atoms with Crippen molar-refractivity contribution in [1.82, 2.24) is 5.32 Å². The molecule has 2 N–H and O–H groups in total. The van der Waals surface area contributed by atoms with Crippen molar-refractivity contribution >= 4 is 21.8 Å². The van der Waals surface area contributed by atoms with Crippen LogP contribution in [0.4, 0.5) is 0 Å². The van der Waals surface area contributed by atoms with E-state index in [1.807, 2.05) is 24.3 Å². The zero-order chi connectivity index (χ0) is 14.4. The van der Waals surface area contributed by atoms with Gasteiger partial charge in [0.1, 0.15) is 5.75 Å². The van der Waals surface area contributed by atoms with Crippen LogP contribution in [0.3, 0.4) is 0 Å². The molecule has 2 rings (SSSR count). The summed E-state index contributed by atoms with van der Waals surface area (Å²) in [6.07, 6.45) is 2.96. The molecule has 0 aliphatic heterocycles. The second kappa shape index (κ2) is 7.64. The minimum atomic E-state index is -0.258. The predicted molar refractivity (Wildman–Crippen MR) is 80.6 cm³/mol. The number of nitrogens with one attached hydrogen (secondary N) is 1. The average Bonchev–Trinajstić information content (AvgIpc) is 2.84. The first-order valence-electron chi connectivity index (χ1n) is 6.99. The fourth-order valence-corrected chi connectivity index (χ4v) is 2.80. The normalized spacial score (nSPS) is 21.7. The van der Waals surface area contributed by atoms with Gasteiger partial charge in [-0.25, -0.2) is 0 Å². The van der Waals surface area contributed by atoms with E-state index in [1.165, 1.54) is 0 Å². The number of carbonyl (C=O) groups is 1. The molecule has 5 heteroatoms. The molecule has 1 aliphatic carbocycles. The summed E-state index contributed by atoms with van der Waals surface area (Å²) in [5, 5.41) is 12.5. The molecule has 1 fully saturated rings. The predicted octanol–water partition coefficient (Wildman–Crippen LogP) is 2.50. The molecule has 1 aliphatic rings. The molecule has 1 amide bonds. The largest absolute Gasteiger partial charge is 0.492 e. The van der Waals surface area contributed by atoms with Gasteiger partial charge in [-0.05, 0) is 40.9 Å². The first kappa shape index (κ1) is 15.3. The maximum atomic E-state index is 11.7. The lowest BCUT2D eigenvalue weighted by Crippen LogP contribution is -2.33. The summed E-state index contributed by atoms with van der Waals surface area (Å²) in [6, 6.07) is 7.56. The van der Waals surface area contributed by atoms with Crippen LogP contribution >= 0.6 is 15.9 Å². The summed E-state index contributed by atoms with van der Waals surface area (Å²) in [5.74, 6) is 0.922. The third-order valence-corrected chi connectivity index (χ3v) is 4.26. The molecule has 0 bridgehead atoms. The van der Waals surface area contributed by atoms with Crippen molar-refractivity contribution in [2.75, 3.05) is 13.2 Å². The molecule has 0 unspecified atom stereocenters. The molecule has 0 spiro atoms. The standard InChI is InChI=1S/C15H20BrNO3/c16-12-5-1-2-7-14(12)20-9-8-15(19)17-10-11-4-3-6-13(11)18/h1-2,5,7,11,13,18H,3-4,6,8-10H2,(H,17,19)/t11-,13-/m1/s1. The van der Waals surface area contributed by atoms with Gasteiger partial charge in [0.2, 0.25) is 5.91 Å². The van der Waals surface area contributed by atoms with Crippen molar-refractivity contribution in [1.29, 1.82) is 0 Å². The number of amides is 1. The molecule has 0 saturated heterocycles. The van der Waals surface area contributed by atoms with Crippen molar-refractivity contribution in [3.63, 3.8) is 0 Å². The molecule has 20 heavy (non-hydrogen) atoms. The van der Waals surface area contributed by atoms with E-state index in [4.69, 9.17) is 4.74 Å². The van der Waals surface area contributed by atoms with Gasteiger partial charge in [-0.15, -0.1) is 0 Å². The number of hydrogen-bond acceptors (Lipinski definition) is 3. The summed E-state index contributed by atoms with van der Waals surface area (Å²) < 4.78 is 6.43. The molecular formula is C15H20BrNO3. The zero-order valence-electron chi connectivity index (χ0n) is 11.3. The highest BCUT2D eigenvalue weighted by Crippen LogP contribution is 2.25. The van der Waals surface area contributed by atoms with E-state index in [1.54, 1.807) is 0 Å². The van der Waals surface area contributed by atoms with E-state index < -0.39 is 0 Å². The van der Waals surface area contributed by atoms with Crippen LogP contribution in [-0.2, 0) is 4.79 Å². The number of aliphatic hydroxyl groups excluding tert-OH is 1. The smallest absolute Gasteiger partial charge is 0.223 e. The maximum Gasteiger partial charge on any atom is 0.223 e. The van der Waals surface area contributed by atoms with Gasteiger partial charge in [-0.3, -0.25) is 4.79 Å². The Bertz CT molecular complexity index is 452. The molecule has 2 atom stereocenters. The number of para-hydroxylation sites is 1. The van der Waals surface area contributed by atoms with Crippen molar-refractivity contribution in [2.45, 2.75) is 31.8 Å². The maximum absolute atomic E-state index is 11.7. The van der Waals surface area contributed by atoms with Crippen LogP contribution in [0.1, 0.15) is 25.7 Å². The topological polar surface area (TPSA) is 58.6 Å². The fraction of sp³-hybridized carbons (Fsp3) is 0.533. The van der Waals surface area contributed by atoms with Gasteiger partial charge >= 0.3 is 0 Å². The minimum Gasteiger partial charge on any atom is -0.492 e. The Labute approximate surface area is 127 Å². The highest BCUT2D eigenvalue weighted by Gasteiger charge is 2.25. The second-order valence-corrected chi connectivity index (χ2v) is 5.95. The zero-order valence-corrected chi connectivity index (χ0v) is 12.9. The van der Waals surface area contributed by atoms with Gasteiger partial charge in [-0.1, -0.05) is 18.6 Å². The van der Waals surface area contributed by atoms with Crippen LogP contribution in [0.2, 0.25) is 0 Å². The SMILES string of the molecule is O=C(CCOc1ccccc1Br)NC[C@H]1CCC[C@H]1O. The van der Waals surface area contributed by atoms with Gasteiger partial charge in [-0.2, -0.15) is 0 Å². The lowest BCUT2D eigenvalue weighted by Gasteiger charge is -2.15. The third-order valence-electron chi connectivity index (χ3n) is 3.60. The van der Waals surface area contributed by atoms with E-state index in [9.17, 15) is 9.90 Å². The lowest BCUT2D eigenvalue weighted by molar-refractivity contribution is -0.121. The summed E-state index contributed by atoms with van der Waals surface area (Å²) in [6.45, 7) is 0.913. The summed E-state index contributed by atoms with van der Waals surface area (Å²) in [4.78, 5) is 11.7. The third kappa shape index (κ3) is 4.49. The molecule has 0 aromatic heterocycles. The first-order chi connectivity index (χ1) is 9.66. The molecule has 4 nitrogen and oxygen atoms in total. The second-order valence-electron chi connectivity index (χ2n) is 5.09. The van der Waals surface area contributed by atoms with Crippen LogP contribution < -0.4 is 10.1 Å². The summed E-state index contributed by atoms with van der Waals surface area (Å²) in [5.41, 5.74) is 0. The van der Waals surface area contributed by atoms with Crippen LogP contribution in [-0.4, -0.2) is 30.3 Å². The van der Waals surface area contributed by atoms with E-state index in [2.05, 4.69) is 21.2 Å². The van der Waals surface area contributed by atoms with Crippen LogP contribution in [0.15, 0.2) is 28.7 Å². The first-order valence-corrected chi connectivity index (χ1v) is 7.78. The highest BCUT2D eigenvalue weighted by molar-refractivity contribution is 9.10. The quantitative estimate of drug-likeness (QED) is 0.835. The number of rotatable bonds is 6. The van der Waals surface area contributed by atoms with E-state index in [0.29, 0.717) is 19.6 Å². The Hall–Kier alpha value is -1.07. The molecule has 1 aromatic carbocycles. The number of benzene rings is 1. The van der Waals surface area contributed by atoms with Gasteiger partial charge in [0, 0.05) is 12.5 Å². The monoisotopic (exact) mass is 341 g/mol. The Morgan fingerprint density at radius 2 is 2.20 bits per heavy atom. The Morgan fingerprint density at radius 1 is 1.40 bits per heavy atom. The van der Waals surface area contributed by atoms with Crippen molar-refractivity contribution in [3.05, 3.63) is 28.7 Å². The molecule has 1 aromatic rings. The van der Waals surface area contributed by atoms with Crippen molar-refractivity contribution in [3.8, 4) is 5.75 Å². The molecular weight excluding hydrogens is 322 g/mol. The summed E-state index contributed by atoms with van der Waals surface area (Å²) in [7, 11) is 0. The highest BCUT2D eigenvalue weighted by atomic mass is 79.9. The molecule has 0 radical (unpaired) electrons. The number of halogens is 1. The van der Waals surface area contributed by atoms with Crippen LogP contribution in [0.5, 0.6) is 5.75 Å². The number of aliphatic hydroxyl groups is 1. The lowest BCUT2D eigenvalue weighted by atomic mass is 10.1. The van der Waals surface area contributed by atoms with E-state index in [-0.39, 0.29) is 17.9 Å². The van der Waals surface area contributed by atoms with E-state index >= 15 is 0 Å². The van der Waals surface area contributed by atoms with E-state index in [0.717, 1.165) is 29.5 Å². The Balaban J connectivity index is 1.64. The van der Waals surface area contributed by atoms with Gasteiger partial charge in [0.05, 0.1) is 23.6 Å². The average molecular weight is 342 g/mol. The number of hydrogen-bond donors (Lipinski definition) is 2. The number of carbonyl (C=O) groups excluding carboxylic acids is 1. The van der Waals surface area contributed by atoms with Gasteiger partial charge in [0.15, 0.2) is 0 Å². The van der Waals surface area contributed by atoms with Crippen molar-refractivity contribution < 1.29 is 14.6 Å². The summed E-state index contributed by atoms with van der Waals surface area (Å²) >= 11 is 3.39. The molecule has 0 heterocycles. The van der Waals surface area contributed by atoms with Gasteiger partial charge < -0.3 is 15.2 Å². The van der Waals surface area contributed by atoms with Gasteiger partial charge in [0.25, 0.3) is 0 Å². The fourth-order valence-electron chi connectivity index (χ4n) is 2.40. The molecule has 1 saturated carbocycles.